The molecule has 2 N–H and O–H groups in total. The first kappa shape index (κ1) is 16.5. The molecule has 0 amide bonds. The average molecular weight is 313 g/mol. The SMILES string of the molecule is Cc1ccc(NC(=S)N[C@@H](CN(C)C)c2ccccc2)cc1. The first-order valence-corrected chi connectivity index (χ1v) is 7.79. The van der Waals surface area contributed by atoms with Gasteiger partial charge in [-0.3, -0.25) is 0 Å². The number of hydrogen-bond acceptors (Lipinski definition) is 2. The fraction of sp³-hybridized carbons (Fsp3) is 0.278. The lowest BCUT2D eigenvalue weighted by molar-refractivity contribution is 0.363. The van der Waals surface area contributed by atoms with Crippen molar-refractivity contribution in [1.29, 1.82) is 0 Å². The Labute approximate surface area is 138 Å². The number of hydrogen-bond donors (Lipinski definition) is 2. The second kappa shape index (κ2) is 7.92. The van der Waals surface area contributed by atoms with Gasteiger partial charge in [0.2, 0.25) is 0 Å². The van der Waals surface area contributed by atoms with E-state index in [1.807, 2.05) is 18.2 Å². The van der Waals surface area contributed by atoms with Crippen LogP contribution in [0.4, 0.5) is 5.69 Å². The number of likely N-dealkylation sites (N-methyl/N-ethyl adjacent to an activating group) is 1. The molecule has 0 aliphatic rings. The molecule has 0 spiro atoms. The van der Waals surface area contributed by atoms with E-state index in [1.54, 1.807) is 0 Å². The zero-order valence-corrected chi connectivity index (χ0v) is 14.2. The van der Waals surface area contributed by atoms with Gasteiger partial charge in [0.1, 0.15) is 0 Å². The van der Waals surface area contributed by atoms with Crippen LogP contribution in [0.1, 0.15) is 17.2 Å². The average Bonchev–Trinajstić information content (AvgIpc) is 2.49. The van der Waals surface area contributed by atoms with Gasteiger partial charge < -0.3 is 15.5 Å². The lowest BCUT2D eigenvalue weighted by Gasteiger charge is -2.24. The predicted molar refractivity (Wildman–Crippen MR) is 98.3 cm³/mol. The zero-order chi connectivity index (χ0) is 15.9. The molecule has 0 aromatic heterocycles. The highest BCUT2D eigenvalue weighted by atomic mass is 32.1. The summed E-state index contributed by atoms with van der Waals surface area (Å²) in [4.78, 5) is 2.15. The summed E-state index contributed by atoms with van der Waals surface area (Å²) in [6, 6.07) is 18.7. The smallest absolute Gasteiger partial charge is 0.171 e. The van der Waals surface area contributed by atoms with Gasteiger partial charge in [0.05, 0.1) is 6.04 Å². The molecule has 2 aromatic rings. The standard InChI is InChI=1S/C18H23N3S/c1-14-9-11-16(12-10-14)19-18(22)20-17(13-21(2)3)15-7-5-4-6-8-15/h4-12,17H,13H2,1-3H3,(H2,19,20,22)/t17-/m0/s1. The Kier molecular flexibility index (Phi) is 5.92. The Bertz CT molecular complexity index is 593. The van der Waals surface area contributed by atoms with Gasteiger partial charge in [-0.05, 0) is 50.9 Å². The minimum absolute atomic E-state index is 0.154. The molecule has 0 unspecified atom stereocenters. The molecule has 3 nitrogen and oxygen atoms in total. The molecule has 0 fully saturated rings. The zero-order valence-electron chi connectivity index (χ0n) is 13.3. The van der Waals surface area contributed by atoms with Crippen LogP contribution in [0.2, 0.25) is 0 Å². The van der Waals surface area contributed by atoms with E-state index in [1.165, 1.54) is 11.1 Å². The van der Waals surface area contributed by atoms with E-state index in [9.17, 15) is 0 Å². The van der Waals surface area contributed by atoms with E-state index >= 15 is 0 Å². The van der Waals surface area contributed by atoms with Gasteiger partial charge >= 0.3 is 0 Å². The second-order valence-electron chi connectivity index (χ2n) is 5.69. The summed E-state index contributed by atoms with van der Waals surface area (Å²) in [5, 5.41) is 7.29. The summed E-state index contributed by atoms with van der Waals surface area (Å²) >= 11 is 5.46. The summed E-state index contributed by atoms with van der Waals surface area (Å²) in [6.45, 7) is 2.95. The van der Waals surface area contributed by atoms with Gasteiger partial charge in [0.15, 0.2) is 5.11 Å². The number of benzene rings is 2. The van der Waals surface area contributed by atoms with Crippen molar-refractivity contribution < 1.29 is 0 Å². The first-order valence-electron chi connectivity index (χ1n) is 7.38. The van der Waals surface area contributed by atoms with Crippen molar-refractivity contribution in [3.63, 3.8) is 0 Å². The molecule has 116 valence electrons. The first-order chi connectivity index (χ1) is 10.5. The fourth-order valence-electron chi connectivity index (χ4n) is 2.25. The van der Waals surface area contributed by atoms with Gasteiger partial charge in [-0.15, -0.1) is 0 Å². The van der Waals surface area contributed by atoms with Crippen LogP contribution < -0.4 is 10.6 Å². The summed E-state index contributed by atoms with van der Waals surface area (Å²) in [7, 11) is 4.13. The molecule has 0 aliphatic heterocycles. The number of nitrogens with one attached hydrogen (secondary N) is 2. The maximum Gasteiger partial charge on any atom is 0.171 e. The largest absolute Gasteiger partial charge is 0.354 e. The van der Waals surface area contributed by atoms with Crippen molar-refractivity contribution in [2.75, 3.05) is 26.0 Å². The van der Waals surface area contributed by atoms with Crippen LogP contribution in [-0.2, 0) is 0 Å². The van der Waals surface area contributed by atoms with Crippen molar-refractivity contribution in [3.05, 3.63) is 65.7 Å². The molecule has 2 aromatic carbocycles. The Balaban J connectivity index is 2.03. The quantitative estimate of drug-likeness (QED) is 0.825. The third-order valence-corrected chi connectivity index (χ3v) is 3.58. The van der Waals surface area contributed by atoms with E-state index in [0.29, 0.717) is 5.11 Å². The third-order valence-electron chi connectivity index (χ3n) is 3.36. The van der Waals surface area contributed by atoms with Gasteiger partial charge in [0.25, 0.3) is 0 Å². The molecular formula is C18H23N3S. The Morgan fingerprint density at radius 1 is 1.05 bits per heavy atom. The Morgan fingerprint density at radius 3 is 2.27 bits per heavy atom. The number of anilines is 1. The molecule has 0 heterocycles. The number of rotatable bonds is 5. The lowest BCUT2D eigenvalue weighted by atomic mass is 10.1. The van der Waals surface area contributed by atoms with E-state index in [0.717, 1.165) is 12.2 Å². The topological polar surface area (TPSA) is 27.3 Å². The van der Waals surface area contributed by atoms with Gasteiger partial charge in [0, 0.05) is 12.2 Å². The molecule has 0 radical (unpaired) electrons. The molecule has 0 aliphatic carbocycles. The summed E-state index contributed by atoms with van der Waals surface area (Å²) in [5.74, 6) is 0. The van der Waals surface area contributed by atoms with Crippen LogP contribution in [0, 0.1) is 6.92 Å². The summed E-state index contributed by atoms with van der Waals surface area (Å²) < 4.78 is 0. The third kappa shape index (κ3) is 5.13. The lowest BCUT2D eigenvalue weighted by Crippen LogP contribution is -2.37. The highest BCUT2D eigenvalue weighted by Crippen LogP contribution is 2.14. The van der Waals surface area contributed by atoms with E-state index in [-0.39, 0.29) is 6.04 Å². The molecule has 4 heteroatoms. The Hall–Kier alpha value is -1.91. The molecule has 1 atom stereocenters. The minimum Gasteiger partial charge on any atom is -0.354 e. The second-order valence-corrected chi connectivity index (χ2v) is 6.10. The fourth-order valence-corrected chi connectivity index (χ4v) is 2.51. The van der Waals surface area contributed by atoms with Crippen LogP contribution in [0.5, 0.6) is 0 Å². The van der Waals surface area contributed by atoms with Crippen molar-refractivity contribution in [2.45, 2.75) is 13.0 Å². The number of thiocarbonyl (C=S) groups is 1. The predicted octanol–water partition coefficient (Wildman–Crippen LogP) is 3.58. The highest BCUT2D eigenvalue weighted by molar-refractivity contribution is 7.80. The van der Waals surface area contributed by atoms with Crippen LogP contribution in [-0.4, -0.2) is 30.7 Å². The highest BCUT2D eigenvalue weighted by Gasteiger charge is 2.13. The van der Waals surface area contributed by atoms with E-state index < -0.39 is 0 Å². The molecular weight excluding hydrogens is 290 g/mol. The number of aryl methyl sites for hydroxylation is 1. The summed E-state index contributed by atoms with van der Waals surface area (Å²) in [6.07, 6.45) is 0. The van der Waals surface area contributed by atoms with Crippen molar-refractivity contribution in [3.8, 4) is 0 Å². The van der Waals surface area contributed by atoms with Crippen molar-refractivity contribution in [2.24, 2.45) is 0 Å². The maximum atomic E-state index is 5.46. The van der Waals surface area contributed by atoms with Gasteiger partial charge in [-0.1, -0.05) is 48.0 Å². The Morgan fingerprint density at radius 2 is 1.68 bits per heavy atom. The number of nitrogens with zero attached hydrogens (tertiary/aromatic N) is 1. The minimum atomic E-state index is 0.154. The van der Waals surface area contributed by atoms with Crippen molar-refractivity contribution in [1.82, 2.24) is 10.2 Å². The van der Waals surface area contributed by atoms with Crippen LogP contribution in [0.15, 0.2) is 54.6 Å². The summed E-state index contributed by atoms with van der Waals surface area (Å²) in [5.41, 5.74) is 3.46. The molecule has 0 bridgehead atoms. The van der Waals surface area contributed by atoms with E-state index in [2.05, 4.69) is 73.0 Å². The maximum absolute atomic E-state index is 5.46. The van der Waals surface area contributed by atoms with Gasteiger partial charge in [-0.25, -0.2) is 0 Å². The normalized spacial score (nSPS) is 12.0. The van der Waals surface area contributed by atoms with Crippen molar-refractivity contribution >= 4 is 23.0 Å². The molecule has 2 rings (SSSR count). The van der Waals surface area contributed by atoms with Crippen LogP contribution in [0.3, 0.4) is 0 Å². The van der Waals surface area contributed by atoms with E-state index in [4.69, 9.17) is 12.2 Å². The van der Waals surface area contributed by atoms with Crippen LogP contribution in [0.25, 0.3) is 0 Å². The van der Waals surface area contributed by atoms with Crippen LogP contribution >= 0.6 is 12.2 Å². The van der Waals surface area contributed by atoms with Gasteiger partial charge in [-0.2, -0.15) is 0 Å². The monoisotopic (exact) mass is 313 g/mol. The molecule has 0 saturated carbocycles. The molecule has 22 heavy (non-hydrogen) atoms. The molecule has 0 saturated heterocycles.